The Labute approximate surface area is 107 Å². The molecule has 2 rings (SSSR count). The first-order chi connectivity index (χ1) is 8.59. The van der Waals surface area contributed by atoms with E-state index in [2.05, 4.69) is 0 Å². The van der Waals surface area contributed by atoms with E-state index in [9.17, 15) is 10.2 Å². The summed E-state index contributed by atoms with van der Waals surface area (Å²) >= 11 is 0. The number of aliphatic hydroxyl groups is 2. The van der Waals surface area contributed by atoms with Crippen molar-refractivity contribution in [2.45, 2.75) is 51.0 Å². The molecule has 1 aromatic carbocycles. The largest absolute Gasteiger partial charge is 0.388 e. The van der Waals surface area contributed by atoms with Crippen LogP contribution in [0.2, 0.25) is 0 Å². The summed E-state index contributed by atoms with van der Waals surface area (Å²) in [5.74, 6) is 0. The summed E-state index contributed by atoms with van der Waals surface area (Å²) in [6.07, 6.45) is -2.92. The maximum Gasteiger partial charge on any atom is 0.112 e. The van der Waals surface area contributed by atoms with E-state index in [-0.39, 0.29) is 12.2 Å². The summed E-state index contributed by atoms with van der Waals surface area (Å²) in [4.78, 5) is 0. The standard InChI is InChI=1S/C14H20O4/c1-9-12(15)13(16)14(10(2)18-9)17-8-11-6-4-3-5-7-11/h3-7,9-10,12-16H,8H2,1-2H3/t9-,10?,12?,13+,14-/m0/s1. The van der Waals surface area contributed by atoms with Gasteiger partial charge in [0.2, 0.25) is 0 Å². The highest BCUT2D eigenvalue weighted by Crippen LogP contribution is 2.23. The quantitative estimate of drug-likeness (QED) is 0.846. The monoisotopic (exact) mass is 252 g/mol. The molecule has 1 aliphatic rings. The number of ether oxygens (including phenoxy) is 2. The fraction of sp³-hybridized carbons (Fsp3) is 0.571. The molecule has 5 atom stereocenters. The van der Waals surface area contributed by atoms with Gasteiger partial charge in [-0.2, -0.15) is 0 Å². The van der Waals surface area contributed by atoms with E-state index in [4.69, 9.17) is 9.47 Å². The van der Waals surface area contributed by atoms with Crippen LogP contribution < -0.4 is 0 Å². The van der Waals surface area contributed by atoms with E-state index in [1.807, 2.05) is 37.3 Å². The van der Waals surface area contributed by atoms with Crippen LogP contribution in [0.3, 0.4) is 0 Å². The van der Waals surface area contributed by atoms with Crippen LogP contribution >= 0.6 is 0 Å². The van der Waals surface area contributed by atoms with E-state index in [1.54, 1.807) is 6.92 Å². The molecule has 2 N–H and O–H groups in total. The average molecular weight is 252 g/mol. The Kier molecular flexibility index (Phi) is 4.35. The lowest BCUT2D eigenvalue weighted by Gasteiger charge is -2.40. The van der Waals surface area contributed by atoms with Gasteiger partial charge in [-0.1, -0.05) is 30.3 Å². The number of benzene rings is 1. The lowest BCUT2D eigenvalue weighted by Crippen LogP contribution is -2.56. The predicted molar refractivity (Wildman–Crippen MR) is 67.0 cm³/mol. The van der Waals surface area contributed by atoms with Gasteiger partial charge in [0.05, 0.1) is 18.8 Å². The van der Waals surface area contributed by atoms with Gasteiger partial charge < -0.3 is 19.7 Å². The first-order valence-corrected chi connectivity index (χ1v) is 6.26. The molecule has 0 aromatic heterocycles. The molecule has 0 aliphatic carbocycles. The van der Waals surface area contributed by atoms with Gasteiger partial charge in [0, 0.05) is 0 Å². The maximum absolute atomic E-state index is 10.0. The smallest absolute Gasteiger partial charge is 0.112 e. The van der Waals surface area contributed by atoms with Gasteiger partial charge in [0.15, 0.2) is 0 Å². The van der Waals surface area contributed by atoms with E-state index in [0.717, 1.165) is 5.56 Å². The molecule has 18 heavy (non-hydrogen) atoms. The van der Waals surface area contributed by atoms with Crippen molar-refractivity contribution in [1.82, 2.24) is 0 Å². The fourth-order valence-corrected chi connectivity index (χ4v) is 2.25. The molecule has 0 amide bonds. The van der Waals surface area contributed by atoms with Crippen LogP contribution in [0.5, 0.6) is 0 Å². The Hall–Kier alpha value is -0.940. The zero-order valence-electron chi connectivity index (χ0n) is 10.7. The Bertz CT molecular complexity index is 367. The first kappa shape index (κ1) is 13.5. The second-order valence-corrected chi connectivity index (χ2v) is 4.79. The minimum absolute atomic E-state index is 0.234. The first-order valence-electron chi connectivity index (χ1n) is 6.26. The van der Waals surface area contributed by atoms with Crippen LogP contribution in [-0.2, 0) is 16.1 Å². The lowest BCUT2D eigenvalue weighted by molar-refractivity contribution is -0.228. The summed E-state index contributed by atoms with van der Waals surface area (Å²) in [5, 5.41) is 19.8. The van der Waals surface area contributed by atoms with Crippen LogP contribution in [0.15, 0.2) is 30.3 Å². The molecule has 0 radical (unpaired) electrons. The van der Waals surface area contributed by atoms with Crippen molar-refractivity contribution < 1.29 is 19.7 Å². The van der Waals surface area contributed by atoms with E-state index >= 15 is 0 Å². The van der Waals surface area contributed by atoms with E-state index in [1.165, 1.54) is 0 Å². The highest BCUT2D eigenvalue weighted by Gasteiger charge is 2.41. The molecular formula is C14H20O4. The summed E-state index contributed by atoms with van der Waals surface area (Å²) in [6, 6.07) is 9.73. The van der Waals surface area contributed by atoms with Crippen molar-refractivity contribution in [2.75, 3.05) is 0 Å². The lowest BCUT2D eigenvalue weighted by atomic mass is 9.96. The van der Waals surface area contributed by atoms with Crippen molar-refractivity contribution >= 4 is 0 Å². The van der Waals surface area contributed by atoms with Crippen LogP contribution in [0.1, 0.15) is 19.4 Å². The molecule has 1 aromatic rings. The Morgan fingerprint density at radius 1 is 1.06 bits per heavy atom. The van der Waals surface area contributed by atoms with Gasteiger partial charge in [0.25, 0.3) is 0 Å². The normalized spacial score (nSPS) is 36.6. The zero-order valence-corrected chi connectivity index (χ0v) is 10.7. The van der Waals surface area contributed by atoms with Gasteiger partial charge in [-0.05, 0) is 19.4 Å². The Morgan fingerprint density at radius 3 is 2.39 bits per heavy atom. The maximum atomic E-state index is 10.0. The Morgan fingerprint density at radius 2 is 1.72 bits per heavy atom. The van der Waals surface area contributed by atoms with Crippen molar-refractivity contribution in [3.05, 3.63) is 35.9 Å². The highest BCUT2D eigenvalue weighted by molar-refractivity contribution is 5.13. The van der Waals surface area contributed by atoms with Gasteiger partial charge in [-0.15, -0.1) is 0 Å². The predicted octanol–water partition coefficient (Wildman–Crippen LogP) is 1.10. The minimum Gasteiger partial charge on any atom is -0.388 e. The van der Waals surface area contributed by atoms with Gasteiger partial charge >= 0.3 is 0 Å². The third-order valence-electron chi connectivity index (χ3n) is 3.34. The van der Waals surface area contributed by atoms with Crippen molar-refractivity contribution in [3.63, 3.8) is 0 Å². The molecule has 1 saturated heterocycles. The molecule has 2 unspecified atom stereocenters. The molecule has 1 heterocycles. The number of hydrogen-bond donors (Lipinski definition) is 2. The third kappa shape index (κ3) is 2.90. The molecule has 4 nitrogen and oxygen atoms in total. The molecule has 1 fully saturated rings. The minimum atomic E-state index is -0.910. The number of hydrogen-bond acceptors (Lipinski definition) is 4. The highest BCUT2D eigenvalue weighted by atomic mass is 16.6. The summed E-state index contributed by atoms with van der Waals surface area (Å²) in [7, 11) is 0. The van der Waals surface area contributed by atoms with Crippen LogP contribution in [-0.4, -0.2) is 40.7 Å². The van der Waals surface area contributed by atoms with Crippen LogP contribution in [0, 0.1) is 0 Å². The van der Waals surface area contributed by atoms with Crippen molar-refractivity contribution in [3.8, 4) is 0 Å². The SMILES string of the molecule is CC1O[C@@H](C)C(O)[C@@H](O)[C@H]1OCc1ccccc1. The van der Waals surface area contributed by atoms with Crippen molar-refractivity contribution in [1.29, 1.82) is 0 Å². The fourth-order valence-electron chi connectivity index (χ4n) is 2.25. The third-order valence-corrected chi connectivity index (χ3v) is 3.34. The molecule has 0 spiro atoms. The summed E-state index contributed by atoms with van der Waals surface area (Å²) in [6.45, 7) is 4.00. The second-order valence-electron chi connectivity index (χ2n) is 4.79. The Balaban J connectivity index is 1.96. The van der Waals surface area contributed by atoms with E-state index < -0.39 is 18.3 Å². The van der Waals surface area contributed by atoms with Crippen molar-refractivity contribution in [2.24, 2.45) is 0 Å². The zero-order chi connectivity index (χ0) is 13.1. The molecule has 100 valence electrons. The molecule has 1 aliphatic heterocycles. The van der Waals surface area contributed by atoms with E-state index in [0.29, 0.717) is 6.61 Å². The molecule has 0 saturated carbocycles. The average Bonchev–Trinajstić information content (AvgIpc) is 2.37. The van der Waals surface area contributed by atoms with Crippen LogP contribution in [0.4, 0.5) is 0 Å². The van der Waals surface area contributed by atoms with Crippen LogP contribution in [0.25, 0.3) is 0 Å². The number of rotatable bonds is 3. The molecular weight excluding hydrogens is 232 g/mol. The van der Waals surface area contributed by atoms with Gasteiger partial charge in [0.1, 0.15) is 18.3 Å². The topological polar surface area (TPSA) is 58.9 Å². The molecule has 0 bridgehead atoms. The number of aliphatic hydroxyl groups excluding tert-OH is 2. The second kappa shape index (κ2) is 5.80. The summed E-state index contributed by atoms with van der Waals surface area (Å²) < 4.78 is 11.2. The molecule has 4 heteroatoms. The summed E-state index contributed by atoms with van der Waals surface area (Å²) in [5.41, 5.74) is 1.03. The van der Waals surface area contributed by atoms with Gasteiger partial charge in [-0.3, -0.25) is 0 Å². The van der Waals surface area contributed by atoms with Gasteiger partial charge in [-0.25, -0.2) is 0 Å².